The van der Waals surface area contributed by atoms with Crippen molar-refractivity contribution in [1.29, 1.82) is 0 Å². The lowest BCUT2D eigenvalue weighted by molar-refractivity contribution is -0.119. The third kappa shape index (κ3) is 2.78. The molecule has 1 amide bonds. The summed E-state index contributed by atoms with van der Waals surface area (Å²) in [6, 6.07) is 1.25. The molecule has 5 nitrogen and oxygen atoms in total. The highest BCUT2D eigenvalue weighted by atomic mass is 16.1. The molecule has 4 N–H and O–H groups in total. The molecular formula is C12H24N4O. The van der Waals surface area contributed by atoms with Crippen LogP contribution in [0.15, 0.2) is 0 Å². The molecule has 2 aliphatic heterocycles. The minimum Gasteiger partial charge on any atom is -0.370 e. The quantitative estimate of drug-likeness (QED) is 0.685. The Bertz CT molecular complexity index is 284. The number of rotatable bonds is 4. The second-order valence-electron chi connectivity index (χ2n) is 5.40. The maximum absolute atomic E-state index is 11.1. The van der Waals surface area contributed by atoms with Crippen molar-refractivity contribution >= 4 is 5.91 Å². The van der Waals surface area contributed by atoms with E-state index in [2.05, 4.69) is 16.7 Å². The summed E-state index contributed by atoms with van der Waals surface area (Å²) in [6.45, 7) is 6.10. The van der Waals surface area contributed by atoms with Crippen LogP contribution in [0, 0.1) is 0 Å². The zero-order valence-electron chi connectivity index (χ0n) is 10.6. The summed E-state index contributed by atoms with van der Waals surface area (Å²) in [5, 5.41) is 0. The number of hydrogen-bond donors (Lipinski definition) is 2. The Hall–Kier alpha value is -0.650. The van der Waals surface area contributed by atoms with Gasteiger partial charge in [-0.3, -0.25) is 14.6 Å². The fourth-order valence-corrected chi connectivity index (χ4v) is 3.29. The molecule has 2 rings (SSSR count). The van der Waals surface area contributed by atoms with E-state index in [1.54, 1.807) is 0 Å². The molecule has 0 aromatic rings. The van der Waals surface area contributed by atoms with E-state index in [1.165, 1.54) is 19.4 Å². The van der Waals surface area contributed by atoms with Gasteiger partial charge in [-0.25, -0.2) is 0 Å². The van der Waals surface area contributed by atoms with Gasteiger partial charge in [0.25, 0.3) is 0 Å². The number of nitrogens with two attached hydrogens (primary N) is 2. The lowest BCUT2D eigenvalue weighted by atomic mass is 10.0. The maximum Gasteiger partial charge on any atom is 0.219 e. The van der Waals surface area contributed by atoms with Gasteiger partial charge in [0.15, 0.2) is 0 Å². The first-order valence-electron chi connectivity index (χ1n) is 6.60. The van der Waals surface area contributed by atoms with Crippen LogP contribution in [-0.2, 0) is 4.79 Å². The SMILES string of the molecule is CC1CN2CCCC2CN1C(CN)CC(N)=O. The summed E-state index contributed by atoms with van der Waals surface area (Å²) in [7, 11) is 0. The van der Waals surface area contributed by atoms with Crippen molar-refractivity contribution in [2.75, 3.05) is 26.2 Å². The molecular weight excluding hydrogens is 216 g/mol. The van der Waals surface area contributed by atoms with Crippen molar-refractivity contribution < 1.29 is 4.79 Å². The van der Waals surface area contributed by atoms with Gasteiger partial charge in [0.1, 0.15) is 0 Å². The normalized spacial score (nSPS) is 32.4. The minimum absolute atomic E-state index is 0.116. The highest BCUT2D eigenvalue weighted by Gasteiger charge is 2.37. The van der Waals surface area contributed by atoms with Gasteiger partial charge in [-0.2, -0.15) is 0 Å². The Morgan fingerprint density at radius 1 is 1.47 bits per heavy atom. The third-order valence-electron chi connectivity index (χ3n) is 4.16. The first kappa shape index (κ1) is 12.8. The lowest BCUT2D eigenvalue weighted by Crippen LogP contribution is -2.59. The monoisotopic (exact) mass is 240 g/mol. The van der Waals surface area contributed by atoms with Crippen LogP contribution in [0.5, 0.6) is 0 Å². The Morgan fingerprint density at radius 2 is 2.24 bits per heavy atom. The molecule has 5 heteroatoms. The Labute approximate surface area is 103 Å². The number of piperazine rings is 1. The standard InChI is InChI=1S/C12H24N4O/c1-9-7-15-4-2-3-10(15)8-16(9)11(6-13)5-12(14)17/h9-11H,2-8,13H2,1H3,(H2,14,17). The van der Waals surface area contributed by atoms with Crippen LogP contribution < -0.4 is 11.5 Å². The van der Waals surface area contributed by atoms with Crippen molar-refractivity contribution in [3.63, 3.8) is 0 Å². The zero-order valence-corrected chi connectivity index (χ0v) is 10.6. The van der Waals surface area contributed by atoms with Gasteiger partial charge in [-0.1, -0.05) is 0 Å². The first-order chi connectivity index (χ1) is 8.11. The minimum atomic E-state index is -0.249. The van der Waals surface area contributed by atoms with E-state index in [0.717, 1.165) is 13.1 Å². The van der Waals surface area contributed by atoms with Crippen molar-refractivity contribution in [3.8, 4) is 0 Å². The van der Waals surface area contributed by atoms with Gasteiger partial charge in [-0.15, -0.1) is 0 Å². The number of carbonyl (C=O) groups is 1. The number of hydrogen-bond acceptors (Lipinski definition) is 4. The molecule has 0 saturated carbocycles. The predicted octanol–water partition coefficient (Wildman–Crippen LogP) is -0.642. The van der Waals surface area contributed by atoms with Crippen LogP contribution in [-0.4, -0.2) is 60.0 Å². The average molecular weight is 240 g/mol. The Kier molecular flexibility index (Phi) is 4.01. The van der Waals surface area contributed by atoms with E-state index in [4.69, 9.17) is 11.5 Å². The van der Waals surface area contributed by atoms with Gasteiger partial charge in [0.2, 0.25) is 5.91 Å². The summed E-state index contributed by atoms with van der Waals surface area (Å²) in [4.78, 5) is 16.0. The lowest BCUT2D eigenvalue weighted by Gasteiger charge is -2.45. The molecule has 2 aliphatic rings. The Morgan fingerprint density at radius 3 is 2.88 bits per heavy atom. The number of nitrogens with zero attached hydrogens (tertiary/aromatic N) is 2. The summed E-state index contributed by atoms with van der Waals surface area (Å²) in [6.07, 6.45) is 2.96. The van der Waals surface area contributed by atoms with Crippen LogP contribution in [0.2, 0.25) is 0 Å². The van der Waals surface area contributed by atoms with E-state index in [0.29, 0.717) is 25.0 Å². The first-order valence-corrected chi connectivity index (χ1v) is 6.60. The van der Waals surface area contributed by atoms with Crippen LogP contribution in [0.4, 0.5) is 0 Å². The molecule has 0 radical (unpaired) electrons. The predicted molar refractivity (Wildman–Crippen MR) is 67.4 cm³/mol. The van der Waals surface area contributed by atoms with Gasteiger partial charge >= 0.3 is 0 Å². The number of primary amides is 1. The van der Waals surface area contributed by atoms with Crippen LogP contribution in [0.3, 0.4) is 0 Å². The van der Waals surface area contributed by atoms with Crippen LogP contribution in [0.1, 0.15) is 26.2 Å². The number of carbonyl (C=O) groups excluding carboxylic acids is 1. The highest BCUT2D eigenvalue weighted by Crippen LogP contribution is 2.26. The van der Waals surface area contributed by atoms with Gasteiger partial charge in [-0.05, 0) is 26.3 Å². The fraction of sp³-hybridized carbons (Fsp3) is 0.917. The van der Waals surface area contributed by atoms with Crippen LogP contribution in [0.25, 0.3) is 0 Å². The molecule has 98 valence electrons. The summed E-state index contributed by atoms with van der Waals surface area (Å²) in [5.74, 6) is -0.249. The second kappa shape index (κ2) is 5.33. The van der Waals surface area contributed by atoms with Crippen molar-refractivity contribution in [3.05, 3.63) is 0 Å². The largest absolute Gasteiger partial charge is 0.370 e. The van der Waals surface area contributed by atoms with E-state index in [1.807, 2.05) is 0 Å². The molecule has 3 atom stereocenters. The topological polar surface area (TPSA) is 75.6 Å². The van der Waals surface area contributed by atoms with E-state index < -0.39 is 0 Å². The van der Waals surface area contributed by atoms with Crippen molar-refractivity contribution in [2.45, 2.75) is 44.3 Å². The van der Waals surface area contributed by atoms with Crippen LogP contribution >= 0.6 is 0 Å². The summed E-state index contributed by atoms with van der Waals surface area (Å²) < 4.78 is 0. The van der Waals surface area contributed by atoms with E-state index in [9.17, 15) is 4.79 Å². The number of amides is 1. The molecule has 3 unspecified atom stereocenters. The van der Waals surface area contributed by atoms with E-state index >= 15 is 0 Å². The van der Waals surface area contributed by atoms with Gasteiger partial charge in [0, 0.05) is 44.2 Å². The van der Waals surface area contributed by atoms with Gasteiger partial charge in [0.05, 0.1) is 0 Å². The molecule has 0 spiro atoms. The second-order valence-corrected chi connectivity index (χ2v) is 5.40. The zero-order chi connectivity index (χ0) is 12.4. The smallest absolute Gasteiger partial charge is 0.219 e. The maximum atomic E-state index is 11.1. The summed E-state index contributed by atoms with van der Waals surface area (Å²) in [5.41, 5.74) is 11.1. The highest BCUT2D eigenvalue weighted by molar-refractivity contribution is 5.74. The van der Waals surface area contributed by atoms with E-state index in [-0.39, 0.29) is 11.9 Å². The van der Waals surface area contributed by atoms with Crippen molar-refractivity contribution in [2.24, 2.45) is 11.5 Å². The molecule has 0 bridgehead atoms. The summed E-state index contributed by atoms with van der Waals surface area (Å²) >= 11 is 0. The molecule has 2 heterocycles. The molecule has 0 aliphatic carbocycles. The average Bonchev–Trinajstić information content (AvgIpc) is 2.71. The number of fused-ring (bicyclic) bond motifs is 1. The molecule has 2 fully saturated rings. The molecule has 0 aromatic heterocycles. The molecule has 2 saturated heterocycles. The van der Waals surface area contributed by atoms with Crippen molar-refractivity contribution in [1.82, 2.24) is 9.80 Å². The third-order valence-corrected chi connectivity index (χ3v) is 4.16. The molecule has 0 aromatic carbocycles. The fourth-order valence-electron chi connectivity index (χ4n) is 3.29. The Balaban J connectivity index is 2.00. The van der Waals surface area contributed by atoms with Gasteiger partial charge < -0.3 is 11.5 Å². The molecule has 17 heavy (non-hydrogen) atoms.